The molecule has 0 saturated heterocycles. The van der Waals surface area contributed by atoms with Gasteiger partial charge < -0.3 is 14.6 Å². The van der Waals surface area contributed by atoms with E-state index in [0.717, 1.165) is 17.3 Å². The van der Waals surface area contributed by atoms with Crippen LogP contribution in [0.5, 0.6) is 5.75 Å². The monoisotopic (exact) mass is 425 g/mol. The molecule has 7 nitrogen and oxygen atoms in total. The first-order chi connectivity index (χ1) is 13.9. The van der Waals surface area contributed by atoms with Gasteiger partial charge in [0.25, 0.3) is 0 Å². The second kappa shape index (κ2) is 9.28. The number of nitrogens with zero attached hydrogens (tertiary/aromatic N) is 3. The Morgan fingerprint density at radius 3 is 2.72 bits per heavy atom. The van der Waals surface area contributed by atoms with Crippen molar-refractivity contribution in [2.45, 2.75) is 18.7 Å². The van der Waals surface area contributed by atoms with Crippen LogP contribution >= 0.6 is 23.4 Å². The zero-order valence-corrected chi connectivity index (χ0v) is 16.8. The van der Waals surface area contributed by atoms with Gasteiger partial charge in [0.05, 0.1) is 17.6 Å². The molecule has 0 spiro atoms. The number of nitrogens with one attached hydrogen (secondary N) is 1. The maximum absolute atomic E-state index is 11.6. The maximum Gasteiger partial charge on any atom is 0.213 e. The highest BCUT2D eigenvalue weighted by Gasteiger charge is 2.10. The minimum Gasteiger partial charge on any atom is -0.544 e. The Labute approximate surface area is 176 Å². The Kier molecular flexibility index (Phi) is 6.54. The molecule has 0 atom stereocenters. The Balaban J connectivity index is 1.84. The molecule has 0 radical (unpaired) electrons. The number of ether oxygens (including phenoxy) is 1. The van der Waals surface area contributed by atoms with Crippen LogP contribution in [0.4, 0.5) is 0 Å². The van der Waals surface area contributed by atoms with Crippen molar-refractivity contribution in [2.75, 3.05) is 0 Å². The largest absolute Gasteiger partial charge is 0.544 e. The summed E-state index contributed by atoms with van der Waals surface area (Å²) in [5.41, 5.74) is 1.89. The maximum atomic E-state index is 11.6. The van der Waals surface area contributed by atoms with Gasteiger partial charge in [-0.2, -0.15) is 5.26 Å². The molecule has 0 aliphatic carbocycles. The van der Waals surface area contributed by atoms with Crippen molar-refractivity contribution >= 4 is 35.4 Å². The molecule has 0 fully saturated rings. The predicted molar refractivity (Wildman–Crippen MR) is 107 cm³/mol. The van der Waals surface area contributed by atoms with E-state index in [4.69, 9.17) is 21.6 Å². The standard InChI is InChI=1S/C20H15ClN4O3S/c1-12-23-20(25-24-12)29-18(19(26)27)9-15-8-16(21)6-7-17(15)28-11-14-4-2-13(10-22)3-5-14/h2-9H,11H2,1H3,(H,26,27)(H,23,24,25)/p-1/b18-9+. The lowest BCUT2D eigenvalue weighted by Crippen LogP contribution is -2.23. The van der Waals surface area contributed by atoms with Gasteiger partial charge in [-0.15, -0.1) is 5.10 Å². The number of benzene rings is 2. The molecule has 29 heavy (non-hydrogen) atoms. The van der Waals surface area contributed by atoms with Crippen molar-refractivity contribution in [3.05, 3.63) is 74.9 Å². The lowest BCUT2D eigenvalue weighted by atomic mass is 10.1. The summed E-state index contributed by atoms with van der Waals surface area (Å²) in [7, 11) is 0. The fourth-order valence-corrected chi connectivity index (χ4v) is 3.26. The van der Waals surface area contributed by atoms with Gasteiger partial charge >= 0.3 is 0 Å². The number of carbonyl (C=O) groups is 1. The van der Waals surface area contributed by atoms with E-state index in [1.54, 1.807) is 49.4 Å². The van der Waals surface area contributed by atoms with Crippen LogP contribution in [0.15, 0.2) is 52.5 Å². The quantitative estimate of drug-likeness (QED) is 0.456. The number of aromatic nitrogens is 3. The van der Waals surface area contributed by atoms with Crippen molar-refractivity contribution in [3.63, 3.8) is 0 Å². The number of hydrogen-bond acceptors (Lipinski definition) is 7. The summed E-state index contributed by atoms with van der Waals surface area (Å²) in [6.07, 6.45) is 1.41. The van der Waals surface area contributed by atoms with Crippen molar-refractivity contribution in [1.29, 1.82) is 5.26 Å². The van der Waals surface area contributed by atoms with Crippen LogP contribution in [0.3, 0.4) is 0 Å². The number of halogens is 1. The molecular formula is C20H14ClN4O3S-. The Bertz CT molecular complexity index is 1100. The Morgan fingerprint density at radius 1 is 1.34 bits per heavy atom. The highest BCUT2D eigenvalue weighted by atomic mass is 35.5. The molecule has 146 valence electrons. The van der Waals surface area contributed by atoms with Gasteiger partial charge in [-0.3, -0.25) is 5.10 Å². The highest BCUT2D eigenvalue weighted by Crippen LogP contribution is 2.30. The zero-order chi connectivity index (χ0) is 20.8. The van der Waals surface area contributed by atoms with Crippen LogP contribution in [-0.2, 0) is 11.4 Å². The van der Waals surface area contributed by atoms with Crippen LogP contribution in [0.2, 0.25) is 5.02 Å². The smallest absolute Gasteiger partial charge is 0.213 e. The first-order valence-electron chi connectivity index (χ1n) is 8.36. The highest BCUT2D eigenvalue weighted by molar-refractivity contribution is 8.04. The van der Waals surface area contributed by atoms with Gasteiger partial charge in [0.1, 0.15) is 18.2 Å². The van der Waals surface area contributed by atoms with Gasteiger partial charge in [0.2, 0.25) is 5.16 Å². The number of H-pyrrole nitrogens is 1. The van der Waals surface area contributed by atoms with E-state index in [1.807, 2.05) is 0 Å². The molecule has 3 rings (SSSR count). The fraction of sp³-hybridized carbons (Fsp3) is 0.100. The summed E-state index contributed by atoms with van der Waals surface area (Å²) in [4.78, 5) is 15.6. The lowest BCUT2D eigenvalue weighted by Gasteiger charge is -2.12. The predicted octanol–water partition coefficient (Wildman–Crippen LogP) is 3.10. The molecule has 0 amide bonds. The number of carboxylic acid groups (broad SMARTS) is 1. The molecule has 0 bridgehead atoms. The third-order valence-corrected chi connectivity index (χ3v) is 4.82. The van der Waals surface area contributed by atoms with E-state index >= 15 is 0 Å². The average Bonchev–Trinajstić information content (AvgIpc) is 3.12. The zero-order valence-electron chi connectivity index (χ0n) is 15.2. The van der Waals surface area contributed by atoms with E-state index in [9.17, 15) is 9.90 Å². The average molecular weight is 426 g/mol. The topological polar surface area (TPSA) is 115 Å². The van der Waals surface area contributed by atoms with Crippen LogP contribution in [0.25, 0.3) is 6.08 Å². The molecule has 0 aliphatic heterocycles. The van der Waals surface area contributed by atoms with E-state index in [0.29, 0.717) is 27.7 Å². The van der Waals surface area contributed by atoms with Crippen LogP contribution < -0.4 is 9.84 Å². The van der Waals surface area contributed by atoms with Crippen molar-refractivity contribution in [3.8, 4) is 11.8 Å². The number of aromatic amines is 1. The van der Waals surface area contributed by atoms with Gasteiger partial charge in [-0.25, -0.2) is 4.98 Å². The van der Waals surface area contributed by atoms with E-state index < -0.39 is 5.97 Å². The van der Waals surface area contributed by atoms with E-state index in [-0.39, 0.29) is 16.7 Å². The lowest BCUT2D eigenvalue weighted by molar-refractivity contribution is -0.297. The van der Waals surface area contributed by atoms with E-state index in [2.05, 4.69) is 21.3 Å². The third-order valence-electron chi connectivity index (χ3n) is 3.71. The molecule has 1 aromatic heterocycles. The molecule has 9 heteroatoms. The Morgan fingerprint density at radius 2 is 2.10 bits per heavy atom. The van der Waals surface area contributed by atoms with Gasteiger partial charge in [-0.05, 0) is 60.7 Å². The summed E-state index contributed by atoms with van der Waals surface area (Å²) >= 11 is 6.94. The number of rotatable bonds is 7. The molecule has 2 aromatic carbocycles. The number of aryl methyl sites for hydroxylation is 1. The summed E-state index contributed by atoms with van der Waals surface area (Å²) in [6, 6.07) is 13.9. The first-order valence-corrected chi connectivity index (χ1v) is 9.55. The fourth-order valence-electron chi connectivity index (χ4n) is 2.34. The third kappa shape index (κ3) is 5.60. The Hall–Kier alpha value is -3.28. The normalized spacial score (nSPS) is 11.1. The van der Waals surface area contributed by atoms with Gasteiger partial charge in [0.15, 0.2) is 0 Å². The molecule has 1 N–H and O–H groups in total. The number of carbonyl (C=O) groups excluding carboxylic acids is 1. The van der Waals surface area contributed by atoms with Crippen LogP contribution in [0.1, 0.15) is 22.5 Å². The minimum atomic E-state index is -1.37. The number of aliphatic carboxylic acids is 1. The number of nitriles is 1. The molecule has 0 saturated carbocycles. The van der Waals surface area contributed by atoms with Crippen LogP contribution in [-0.4, -0.2) is 21.2 Å². The van der Waals surface area contributed by atoms with Gasteiger partial charge in [-0.1, -0.05) is 23.7 Å². The molecule has 3 aromatic rings. The second-order valence-corrected chi connectivity index (χ2v) is 7.33. The summed E-state index contributed by atoms with van der Waals surface area (Å²) in [6.45, 7) is 1.95. The summed E-state index contributed by atoms with van der Waals surface area (Å²) < 4.78 is 5.84. The van der Waals surface area contributed by atoms with E-state index in [1.165, 1.54) is 6.08 Å². The number of carboxylic acids is 1. The summed E-state index contributed by atoms with van der Waals surface area (Å²) in [5, 5.41) is 27.7. The van der Waals surface area contributed by atoms with Crippen LogP contribution in [0, 0.1) is 18.3 Å². The van der Waals surface area contributed by atoms with Crippen molar-refractivity contribution in [2.24, 2.45) is 0 Å². The number of hydrogen-bond donors (Lipinski definition) is 1. The van der Waals surface area contributed by atoms with Gasteiger partial charge in [0, 0.05) is 15.5 Å². The second-order valence-electron chi connectivity index (χ2n) is 5.88. The molecule has 0 unspecified atom stereocenters. The molecular weight excluding hydrogens is 412 g/mol. The number of thioether (sulfide) groups is 1. The minimum absolute atomic E-state index is 0.0884. The van der Waals surface area contributed by atoms with Crippen molar-refractivity contribution < 1.29 is 14.6 Å². The summed E-state index contributed by atoms with van der Waals surface area (Å²) in [5.74, 6) is -0.348. The molecule has 0 aliphatic rings. The SMILES string of the molecule is Cc1nc(S/C(=C/c2cc(Cl)ccc2OCc2ccc(C#N)cc2)C(=O)[O-])n[nH]1. The molecule has 1 heterocycles. The van der Waals surface area contributed by atoms with Crippen molar-refractivity contribution in [1.82, 2.24) is 15.2 Å². The first kappa shape index (κ1) is 20.5.